The molecule has 2 rings (SSSR count). The van der Waals surface area contributed by atoms with E-state index in [1.807, 2.05) is 0 Å². The first kappa shape index (κ1) is 14.5. The number of carbonyl (C=O) groups is 1. The number of aryl methyl sites for hydroxylation is 1. The molecular formula is C14H12Cl2N2O2. The van der Waals surface area contributed by atoms with Crippen molar-refractivity contribution in [1.29, 1.82) is 0 Å². The van der Waals surface area contributed by atoms with E-state index in [-0.39, 0.29) is 21.4 Å². The topological polar surface area (TPSA) is 75.4 Å². The van der Waals surface area contributed by atoms with Gasteiger partial charge in [-0.25, -0.2) is 0 Å². The van der Waals surface area contributed by atoms with Gasteiger partial charge in [0.15, 0.2) is 0 Å². The summed E-state index contributed by atoms with van der Waals surface area (Å²) in [4.78, 5) is 12.1. The second-order valence-corrected chi connectivity index (χ2v) is 5.10. The Labute approximate surface area is 126 Å². The maximum atomic E-state index is 12.1. The van der Waals surface area contributed by atoms with E-state index in [0.29, 0.717) is 16.9 Å². The molecule has 2 aromatic rings. The highest BCUT2D eigenvalue weighted by Gasteiger charge is 2.14. The number of nitrogens with one attached hydrogen (secondary N) is 1. The highest BCUT2D eigenvalue weighted by Crippen LogP contribution is 2.29. The Balaban J connectivity index is 2.30. The second kappa shape index (κ2) is 5.61. The number of nitrogen functional groups attached to an aromatic ring is 1. The van der Waals surface area contributed by atoms with Crippen LogP contribution in [0.4, 0.5) is 11.4 Å². The smallest absolute Gasteiger partial charge is 0.257 e. The van der Waals surface area contributed by atoms with Gasteiger partial charge >= 0.3 is 0 Å². The number of carbonyl (C=O) groups excluding carboxylic acids is 1. The molecule has 0 unspecified atom stereocenters. The number of phenolic OH excluding ortho intramolecular Hbond substituents is 1. The molecule has 0 fully saturated rings. The van der Waals surface area contributed by atoms with Crippen molar-refractivity contribution >= 4 is 40.5 Å². The first-order valence-corrected chi connectivity index (χ1v) is 6.49. The summed E-state index contributed by atoms with van der Waals surface area (Å²) < 4.78 is 0. The van der Waals surface area contributed by atoms with Crippen molar-refractivity contribution in [2.24, 2.45) is 0 Å². The van der Waals surface area contributed by atoms with Crippen LogP contribution in [0.2, 0.25) is 10.0 Å². The van der Waals surface area contributed by atoms with Gasteiger partial charge in [0.25, 0.3) is 5.91 Å². The van der Waals surface area contributed by atoms with Crippen LogP contribution < -0.4 is 11.1 Å². The first-order valence-electron chi connectivity index (χ1n) is 5.74. The monoisotopic (exact) mass is 310 g/mol. The molecule has 0 aliphatic carbocycles. The molecular weight excluding hydrogens is 299 g/mol. The number of nitrogens with two attached hydrogens (primary N) is 1. The van der Waals surface area contributed by atoms with Gasteiger partial charge < -0.3 is 16.2 Å². The number of benzene rings is 2. The molecule has 0 atom stereocenters. The van der Waals surface area contributed by atoms with Crippen LogP contribution in [0.3, 0.4) is 0 Å². The predicted octanol–water partition coefficient (Wildman–Crippen LogP) is 3.84. The maximum Gasteiger partial charge on any atom is 0.257 e. The van der Waals surface area contributed by atoms with E-state index in [1.165, 1.54) is 18.2 Å². The lowest BCUT2D eigenvalue weighted by molar-refractivity contribution is 0.102. The lowest BCUT2D eigenvalue weighted by atomic mass is 10.1. The fourth-order valence-electron chi connectivity index (χ4n) is 1.66. The van der Waals surface area contributed by atoms with Crippen LogP contribution in [0, 0.1) is 6.92 Å². The molecule has 0 radical (unpaired) electrons. The van der Waals surface area contributed by atoms with Gasteiger partial charge in [0.1, 0.15) is 5.75 Å². The van der Waals surface area contributed by atoms with Crippen molar-refractivity contribution in [3.05, 3.63) is 51.5 Å². The highest BCUT2D eigenvalue weighted by molar-refractivity contribution is 6.44. The fourth-order valence-corrected chi connectivity index (χ4v) is 2.08. The molecule has 0 spiro atoms. The SMILES string of the molecule is Cc1ccc(NC(=O)c2cc(N)cc(Cl)c2Cl)cc1O. The highest BCUT2D eigenvalue weighted by atomic mass is 35.5. The average Bonchev–Trinajstić information content (AvgIpc) is 2.38. The zero-order valence-electron chi connectivity index (χ0n) is 10.6. The van der Waals surface area contributed by atoms with Crippen LogP contribution >= 0.6 is 23.2 Å². The Hall–Kier alpha value is -1.91. The van der Waals surface area contributed by atoms with Crippen molar-refractivity contribution in [3.8, 4) is 5.75 Å². The van der Waals surface area contributed by atoms with Crippen LogP contribution in [0.1, 0.15) is 15.9 Å². The summed E-state index contributed by atoms with van der Waals surface area (Å²) in [7, 11) is 0. The maximum absolute atomic E-state index is 12.1. The average molecular weight is 311 g/mol. The number of halogens is 2. The third-order valence-electron chi connectivity index (χ3n) is 2.76. The number of hydrogen-bond acceptors (Lipinski definition) is 3. The summed E-state index contributed by atoms with van der Waals surface area (Å²) >= 11 is 11.9. The summed E-state index contributed by atoms with van der Waals surface area (Å²) in [6.07, 6.45) is 0. The van der Waals surface area contributed by atoms with Gasteiger partial charge in [-0.15, -0.1) is 0 Å². The van der Waals surface area contributed by atoms with Crippen molar-refractivity contribution in [2.45, 2.75) is 6.92 Å². The van der Waals surface area contributed by atoms with Crippen molar-refractivity contribution < 1.29 is 9.90 Å². The molecule has 6 heteroatoms. The number of rotatable bonds is 2. The minimum Gasteiger partial charge on any atom is -0.508 e. The zero-order chi connectivity index (χ0) is 14.9. The molecule has 0 saturated heterocycles. The molecule has 4 nitrogen and oxygen atoms in total. The minimum absolute atomic E-state index is 0.0968. The molecule has 0 aliphatic rings. The zero-order valence-corrected chi connectivity index (χ0v) is 12.1. The molecule has 0 saturated carbocycles. The Kier molecular flexibility index (Phi) is 4.06. The van der Waals surface area contributed by atoms with Gasteiger partial charge in [-0.2, -0.15) is 0 Å². The van der Waals surface area contributed by atoms with E-state index in [9.17, 15) is 9.90 Å². The molecule has 104 valence electrons. The Morgan fingerprint density at radius 2 is 1.95 bits per heavy atom. The summed E-state index contributed by atoms with van der Waals surface area (Å²) in [5.41, 5.74) is 7.33. The van der Waals surface area contributed by atoms with Gasteiger partial charge in [0.05, 0.1) is 15.6 Å². The summed E-state index contributed by atoms with van der Waals surface area (Å²) in [5, 5.41) is 12.6. The van der Waals surface area contributed by atoms with E-state index in [4.69, 9.17) is 28.9 Å². The third-order valence-corrected chi connectivity index (χ3v) is 3.56. The van der Waals surface area contributed by atoms with Gasteiger partial charge in [-0.1, -0.05) is 29.3 Å². The summed E-state index contributed by atoms with van der Waals surface area (Å²) in [6, 6.07) is 7.73. The molecule has 0 bridgehead atoms. The van der Waals surface area contributed by atoms with Gasteiger partial charge in [0.2, 0.25) is 0 Å². The fraction of sp³-hybridized carbons (Fsp3) is 0.0714. The van der Waals surface area contributed by atoms with Crippen LogP contribution in [0.5, 0.6) is 5.75 Å². The number of aromatic hydroxyl groups is 1. The summed E-state index contributed by atoms with van der Waals surface area (Å²) in [5.74, 6) is -0.355. The second-order valence-electron chi connectivity index (χ2n) is 4.32. The lowest BCUT2D eigenvalue weighted by Crippen LogP contribution is -2.13. The van der Waals surface area contributed by atoms with Crippen molar-refractivity contribution in [2.75, 3.05) is 11.1 Å². The number of phenols is 1. The minimum atomic E-state index is -0.451. The van der Waals surface area contributed by atoms with E-state index >= 15 is 0 Å². The Morgan fingerprint density at radius 1 is 1.25 bits per heavy atom. The number of amides is 1. The largest absolute Gasteiger partial charge is 0.508 e. The first-order chi connectivity index (χ1) is 9.38. The van der Waals surface area contributed by atoms with Gasteiger partial charge in [0, 0.05) is 17.4 Å². The molecule has 1 amide bonds. The van der Waals surface area contributed by atoms with Gasteiger partial charge in [-0.3, -0.25) is 4.79 Å². The van der Waals surface area contributed by atoms with Crippen LogP contribution in [0.15, 0.2) is 30.3 Å². The molecule has 0 heterocycles. The Bertz CT molecular complexity index is 687. The van der Waals surface area contributed by atoms with Gasteiger partial charge in [-0.05, 0) is 30.7 Å². The van der Waals surface area contributed by atoms with E-state index in [1.54, 1.807) is 19.1 Å². The molecule has 0 aromatic heterocycles. The standard InChI is InChI=1S/C14H12Cl2N2O2/c1-7-2-3-9(6-12(7)19)18-14(20)10-4-8(17)5-11(15)13(10)16/h2-6,19H,17H2,1H3,(H,18,20). The lowest BCUT2D eigenvalue weighted by Gasteiger charge is -2.10. The van der Waals surface area contributed by atoms with E-state index in [2.05, 4.69) is 5.32 Å². The molecule has 4 N–H and O–H groups in total. The number of anilines is 2. The molecule has 0 aliphatic heterocycles. The van der Waals surface area contributed by atoms with Crippen LogP contribution in [-0.2, 0) is 0 Å². The normalized spacial score (nSPS) is 10.3. The van der Waals surface area contributed by atoms with E-state index in [0.717, 1.165) is 0 Å². The molecule has 20 heavy (non-hydrogen) atoms. The predicted molar refractivity (Wildman–Crippen MR) is 81.7 cm³/mol. The third kappa shape index (κ3) is 2.98. The van der Waals surface area contributed by atoms with Crippen LogP contribution in [0.25, 0.3) is 0 Å². The Morgan fingerprint density at radius 3 is 2.60 bits per heavy atom. The number of hydrogen-bond donors (Lipinski definition) is 3. The quantitative estimate of drug-likeness (QED) is 0.738. The summed E-state index contributed by atoms with van der Waals surface area (Å²) in [6.45, 7) is 1.76. The molecule has 2 aromatic carbocycles. The van der Waals surface area contributed by atoms with Crippen molar-refractivity contribution in [3.63, 3.8) is 0 Å². The van der Waals surface area contributed by atoms with Crippen molar-refractivity contribution in [1.82, 2.24) is 0 Å². The van der Waals surface area contributed by atoms with Crippen LogP contribution in [-0.4, -0.2) is 11.0 Å². The van der Waals surface area contributed by atoms with E-state index < -0.39 is 5.91 Å².